The maximum atomic E-state index is 11.4. The van der Waals surface area contributed by atoms with Gasteiger partial charge in [-0.25, -0.2) is 0 Å². The number of nitrogens with two attached hydrogens (primary N) is 1. The number of carbonyl (C=O) groups excluding carboxylic acids is 1. The lowest BCUT2D eigenvalue weighted by atomic mass is 9.83. The first-order valence-corrected chi connectivity index (χ1v) is 5.85. The Hall–Kier alpha value is -1.26. The number of carbonyl (C=O) groups is 1. The van der Waals surface area contributed by atoms with Crippen molar-refractivity contribution in [3.8, 4) is 0 Å². The summed E-state index contributed by atoms with van der Waals surface area (Å²) in [5, 5.41) is 14.0. The fraction of sp³-hybridized carbons (Fsp3) is 0.818. The van der Waals surface area contributed by atoms with Crippen LogP contribution in [0, 0.1) is 5.41 Å². The van der Waals surface area contributed by atoms with Crippen LogP contribution in [-0.2, 0) is 4.79 Å². The van der Waals surface area contributed by atoms with E-state index in [2.05, 4.69) is 17.4 Å². The first-order valence-electron chi connectivity index (χ1n) is 5.85. The summed E-state index contributed by atoms with van der Waals surface area (Å²) in [6.07, 6.45) is 5.95. The molecule has 0 unspecified atom stereocenters. The lowest BCUT2D eigenvalue weighted by molar-refractivity contribution is -0.120. The molecule has 0 radical (unpaired) electrons. The molecule has 92 valence electrons. The van der Waals surface area contributed by atoms with Crippen LogP contribution in [0.15, 0.2) is 5.16 Å². The molecule has 0 aromatic carbocycles. The van der Waals surface area contributed by atoms with E-state index < -0.39 is 0 Å². The van der Waals surface area contributed by atoms with Gasteiger partial charge in [0, 0.05) is 6.54 Å². The van der Waals surface area contributed by atoms with E-state index in [-0.39, 0.29) is 23.6 Å². The van der Waals surface area contributed by atoms with Gasteiger partial charge < -0.3 is 16.3 Å². The molecule has 1 aliphatic rings. The average molecular weight is 227 g/mol. The van der Waals surface area contributed by atoms with Crippen LogP contribution in [0.3, 0.4) is 0 Å². The highest BCUT2D eigenvalue weighted by molar-refractivity contribution is 5.98. The van der Waals surface area contributed by atoms with E-state index in [9.17, 15) is 4.79 Å². The average Bonchev–Trinajstić information content (AvgIpc) is 2.75. The molecule has 16 heavy (non-hydrogen) atoms. The molecule has 0 aliphatic heterocycles. The molecule has 0 spiro atoms. The molecule has 0 bridgehead atoms. The van der Waals surface area contributed by atoms with Gasteiger partial charge in [-0.3, -0.25) is 4.79 Å². The van der Waals surface area contributed by atoms with Crippen LogP contribution in [0.5, 0.6) is 0 Å². The van der Waals surface area contributed by atoms with Crippen molar-refractivity contribution in [3.05, 3.63) is 0 Å². The molecule has 0 atom stereocenters. The summed E-state index contributed by atoms with van der Waals surface area (Å²) in [4.78, 5) is 11.4. The Balaban J connectivity index is 2.35. The number of amidine groups is 1. The van der Waals surface area contributed by atoms with Crippen molar-refractivity contribution in [1.29, 1.82) is 0 Å². The third kappa shape index (κ3) is 3.40. The molecule has 5 heteroatoms. The SMILES string of the molecule is CCC1(CNC(=O)CC(N)=NO)CCCC1. The van der Waals surface area contributed by atoms with Crippen molar-refractivity contribution in [2.45, 2.75) is 45.4 Å². The lowest BCUT2D eigenvalue weighted by Crippen LogP contribution is -2.37. The highest BCUT2D eigenvalue weighted by Crippen LogP contribution is 2.40. The van der Waals surface area contributed by atoms with Gasteiger partial charge in [-0.15, -0.1) is 0 Å². The zero-order valence-corrected chi connectivity index (χ0v) is 9.83. The van der Waals surface area contributed by atoms with Gasteiger partial charge >= 0.3 is 0 Å². The monoisotopic (exact) mass is 227 g/mol. The minimum absolute atomic E-state index is 0.0315. The van der Waals surface area contributed by atoms with Crippen molar-refractivity contribution in [2.24, 2.45) is 16.3 Å². The number of nitrogens with zero attached hydrogens (tertiary/aromatic N) is 1. The van der Waals surface area contributed by atoms with E-state index in [0.29, 0.717) is 6.54 Å². The van der Waals surface area contributed by atoms with E-state index >= 15 is 0 Å². The largest absolute Gasteiger partial charge is 0.409 e. The van der Waals surface area contributed by atoms with Crippen molar-refractivity contribution in [1.82, 2.24) is 5.32 Å². The summed E-state index contributed by atoms with van der Waals surface area (Å²) in [5.74, 6) is -0.218. The molecule has 1 fully saturated rings. The van der Waals surface area contributed by atoms with Crippen molar-refractivity contribution in [2.75, 3.05) is 6.54 Å². The van der Waals surface area contributed by atoms with Gasteiger partial charge in [-0.05, 0) is 24.7 Å². The van der Waals surface area contributed by atoms with Crippen LogP contribution in [0.1, 0.15) is 45.4 Å². The maximum Gasteiger partial charge on any atom is 0.227 e. The zero-order chi connectivity index (χ0) is 12.0. The molecule has 0 aromatic heterocycles. The summed E-state index contributed by atoms with van der Waals surface area (Å²) in [5.41, 5.74) is 5.54. The van der Waals surface area contributed by atoms with Crippen LogP contribution in [0.2, 0.25) is 0 Å². The molecular weight excluding hydrogens is 206 g/mol. The maximum absolute atomic E-state index is 11.4. The van der Waals surface area contributed by atoms with Gasteiger partial charge in [0.05, 0.1) is 6.42 Å². The molecule has 5 nitrogen and oxygen atoms in total. The molecule has 0 heterocycles. The van der Waals surface area contributed by atoms with Crippen molar-refractivity contribution in [3.63, 3.8) is 0 Å². The topological polar surface area (TPSA) is 87.7 Å². The number of nitrogens with one attached hydrogen (secondary N) is 1. The fourth-order valence-electron chi connectivity index (χ4n) is 2.33. The van der Waals surface area contributed by atoms with Crippen molar-refractivity contribution >= 4 is 11.7 Å². The molecule has 1 saturated carbocycles. The zero-order valence-electron chi connectivity index (χ0n) is 9.83. The molecule has 4 N–H and O–H groups in total. The van der Waals surface area contributed by atoms with Gasteiger partial charge in [0.2, 0.25) is 5.91 Å². The second-order valence-corrected chi connectivity index (χ2v) is 4.61. The Morgan fingerprint density at radius 3 is 2.62 bits per heavy atom. The third-order valence-corrected chi connectivity index (χ3v) is 3.54. The Labute approximate surface area is 96.1 Å². The van der Waals surface area contributed by atoms with Gasteiger partial charge in [0.1, 0.15) is 5.84 Å². The Morgan fingerprint density at radius 1 is 1.50 bits per heavy atom. The van der Waals surface area contributed by atoms with Crippen LogP contribution in [-0.4, -0.2) is 23.5 Å². The standard InChI is InChI=1S/C11H21N3O2/c1-2-11(5-3-4-6-11)8-13-10(15)7-9(12)14-16/h16H,2-8H2,1H3,(H2,12,14)(H,13,15). The number of hydrogen-bond acceptors (Lipinski definition) is 3. The number of hydrogen-bond donors (Lipinski definition) is 3. The predicted octanol–water partition coefficient (Wildman–Crippen LogP) is 1.21. The first kappa shape index (κ1) is 12.8. The summed E-state index contributed by atoms with van der Waals surface area (Å²) < 4.78 is 0. The lowest BCUT2D eigenvalue weighted by Gasteiger charge is -2.27. The summed E-state index contributed by atoms with van der Waals surface area (Å²) in [6, 6.07) is 0. The minimum Gasteiger partial charge on any atom is -0.409 e. The summed E-state index contributed by atoms with van der Waals surface area (Å²) in [6.45, 7) is 2.88. The van der Waals surface area contributed by atoms with E-state index in [1.54, 1.807) is 0 Å². The molecular formula is C11H21N3O2. The molecule has 0 aromatic rings. The number of oxime groups is 1. The van der Waals surface area contributed by atoms with Crippen LogP contribution >= 0.6 is 0 Å². The Morgan fingerprint density at radius 2 is 2.12 bits per heavy atom. The molecule has 0 saturated heterocycles. The highest BCUT2D eigenvalue weighted by Gasteiger charge is 2.32. The molecule has 1 aliphatic carbocycles. The quantitative estimate of drug-likeness (QED) is 0.285. The van der Waals surface area contributed by atoms with Gasteiger partial charge in [-0.2, -0.15) is 0 Å². The van der Waals surface area contributed by atoms with Crippen molar-refractivity contribution < 1.29 is 10.0 Å². The fourth-order valence-corrected chi connectivity index (χ4v) is 2.33. The minimum atomic E-state index is -0.171. The van der Waals surface area contributed by atoms with E-state index in [1.807, 2.05) is 0 Å². The van der Waals surface area contributed by atoms with Crippen LogP contribution in [0.4, 0.5) is 0 Å². The number of rotatable bonds is 5. The Bertz CT molecular complexity index is 270. The third-order valence-electron chi connectivity index (χ3n) is 3.54. The highest BCUT2D eigenvalue weighted by atomic mass is 16.4. The van der Waals surface area contributed by atoms with E-state index in [0.717, 1.165) is 6.42 Å². The summed E-state index contributed by atoms with van der Waals surface area (Å²) >= 11 is 0. The molecule has 1 rings (SSSR count). The second kappa shape index (κ2) is 5.72. The Kier molecular flexibility index (Phi) is 4.58. The van der Waals surface area contributed by atoms with E-state index in [4.69, 9.17) is 10.9 Å². The molecule has 1 amide bonds. The normalized spacial score (nSPS) is 19.7. The smallest absolute Gasteiger partial charge is 0.227 e. The van der Waals surface area contributed by atoms with E-state index in [1.165, 1.54) is 25.7 Å². The first-order chi connectivity index (χ1) is 7.62. The summed E-state index contributed by atoms with van der Waals surface area (Å²) in [7, 11) is 0. The van der Waals surface area contributed by atoms with Gasteiger partial charge in [-0.1, -0.05) is 24.9 Å². The second-order valence-electron chi connectivity index (χ2n) is 4.61. The van der Waals surface area contributed by atoms with Gasteiger partial charge in [0.15, 0.2) is 0 Å². The number of amides is 1. The predicted molar refractivity (Wildman–Crippen MR) is 62.2 cm³/mol. The van der Waals surface area contributed by atoms with Crippen LogP contribution in [0.25, 0.3) is 0 Å². The van der Waals surface area contributed by atoms with Crippen LogP contribution < -0.4 is 11.1 Å². The van der Waals surface area contributed by atoms with Gasteiger partial charge in [0.25, 0.3) is 0 Å².